The van der Waals surface area contributed by atoms with Gasteiger partial charge in [0.25, 0.3) is 0 Å². The van der Waals surface area contributed by atoms with Crippen molar-refractivity contribution in [1.82, 2.24) is 0 Å². The molecule has 0 saturated heterocycles. The van der Waals surface area contributed by atoms with Crippen LogP contribution in [0.1, 0.15) is 109 Å². The van der Waals surface area contributed by atoms with Crippen molar-refractivity contribution in [3.05, 3.63) is 33.4 Å². The summed E-state index contributed by atoms with van der Waals surface area (Å²) in [6, 6.07) is 9.17. The third-order valence-corrected chi connectivity index (χ3v) is 8.58. The van der Waals surface area contributed by atoms with E-state index in [-0.39, 0.29) is 5.60 Å². The smallest absolute Gasteiger partial charge is 0.0931 e. The molecule has 0 amide bonds. The molecule has 2 heteroatoms. The maximum Gasteiger partial charge on any atom is 0.0931 e. The molecule has 2 saturated carbocycles. The van der Waals surface area contributed by atoms with Crippen molar-refractivity contribution in [2.75, 3.05) is 6.61 Å². The predicted octanol–water partition coefficient (Wildman–Crippen LogP) is 8.88. The highest BCUT2D eigenvalue weighted by molar-refractivity contribution is 14.1. The Bertz CT molecular complexity index is 565. The summed E-state index contributed by atoms with van der Waals surface area (Å²) in [5, 5.41) is 0. The van der Waals surface area contributed by atoms with Crippen LogP contribution in [0, 0.1) is 21.3 Å². The molecule has 0 spiro atoms. The largest absolute Gasteiger partial charge is 0.370 e. The summed E-state index contributed by atoms with van der Waals surface area (Å²) in [5.41, 5.74) is 1.40. The Morgan fingerprint density at radius 1 is 0.828 bits per heavy atom. The van der Waals surface area contributed by atoms with E-state index in [0.29, 0.717) is 0 Å². The molecule has 0 N–H and O–H groups in total. The molecule has 0 atom stereocenters. The minimum absolute atomic E-state index is 0.0205. The van der Waals surface area contributed by atoms with Crippen LogP contribution in [-0.2, 0) is 10.3 Å². The highest BCUT2D eigenvalue weighted by Gasteiger charge is 2.40. The Morgan fingerprint density at radius 3 is 2.07 bits per heavy atom. The number of benzene rings is 1. The van der Waals surface area contributed by atoms with Gasteiger partial charge in [-0.2, -0.15) is 0 Å². The molecule has 1 aromatic carbocycles. The van der Waals surface area contributed by atoms with Gasteiger partial charge in [0, 0.05) is 10.2 Å². The molecule has 0 bridgehead atoms. The van der Waals surface area contributed by atoms with Gasteiger partial charge >= 0.3 is 0 Å². The first-order valence-electron chi connectivity index (χ1n) is 12.6. The second kappa shape index (κ2) is 12.1. The van der Waals surface area contributed by atoms with Crippen molar-refractivity contribution >= 4 is 22.6 Å². The van der Waals surface area contributed by atoms with Crippen molar-refractivity contribution in [3.8, 4) is 0 Å². The fourth-order valence-corrected chi connectivity index (χ4v) is 6.25. The molecule has 3 rings (SSSR count). The second-order valence-corrected chi connectivity index (χ2v) is 11.1. The Labute approximate surface area is 193 Å². The van der Waals surface area contributed by atoms with E-state index in [2.05, 4.69) is 60.7 Å². The Hall–Kier alpha value is -0.0900. The van der Waals surface area contributed by atoms with Crippen LogP contribution in [0.25, 0.3) is 0 Å². The molecule has 0 aromatic heterocycles. The normalized spacial score (nSPS) is 30.4. The zero-order valence-electron chi connectivity index (χ0n) is 18.9. The van der Waals surface area contributed by atoms with E-state index in [1.54, 1.807) is 0 Å². The average molecular weight is 511 g/mol. The molecular formula is C27H43IO. The number of unbranched alkanes of at least 4 members (excludes halogenated alkanes) is 3. The monoisotopic (exact) mass is 510 g/mol. The number of hydrogen-bond acceptors (Lipinski definition) is 1. The molecule has 1 nitrogen and oxygen atoms in total. The summed E-state index contributed by atoms with van der Waals surface area (Å²) in [7, 11) is 0. The Balaban J connectivity index is 1.54. The molecular weight excluding hydrogens is 467 g/mol. The van der Waals surface area contributed by atoms with E-state index in [1.165, 1.54) is 99.0 Å². The Kier molecular flexibility index (Phi) is 9.82. The highest BCUT2D eigenvalue weighted by atomic mass is 127. The van der Waals surface area contributed by atoms with Crippen molar-refractivity contribution in [1.29, 1.82) is 0 Å². The zero-order valence-corrected chi connectivity index (χ0v) is 21.1. The summed E-state index contributed by atoms with van der Waals surface area (Å²) in [5.74, 6) is 2.96. The number of halogens is 1. The SMILES string of the molecule is CCCCCC1CCC(C2CCC(OCCCC)(c3ccc(I)cc3)CC2)CC1. The van der Waals surface area contributed by atoms with Crippen LogP contribution in [0.2, 0.25) is 0 Å². The van der Waals surface area contributed by atoms with Gasteiger partial charge in [0.05, 0.1) is 5.60 Å². The van der Waals surface area contributed by atoms with Gasteiger partial charge in [0.1, 0.15) is 0 Å². The average Bonchev–Trinajstić information content (AvgIpc) is 2.76. The summed E-state index contributed by atoms with van der Waals surface area (Å²) >= 11 is 2.41. The van der Waals surface area contributed by atoms with E-state index < -0.39 is 0 Å². The van der Waals surface area contributed by atoms with Gasteiger partial charge in [-0.15, -0.1) is 0 Å². The molecule has 0 aliphatic heterocycles. The fraction of sp³-hybridized carbons (Fsp3) is 0.778. The Morgan fingerprint density at radius 2 is 1.45 bits per heavy atom. The lowest BCUT2D eigenvalue weighted by atomic mass is 9.66. The molecule has 2 fully saturated rings. The van der Waals surface area contributed by atoms with Gasteiger partial charge in [-0.3, -0.25) is 0 Å². The van der Waals surface area contributed by atoms with Gasteiger partial charge in [0.15, 0.2) is 0 Å². The lowest BCUT2D eigenvalue weighted by Gasteiger charge is -2.44. The standard InChI is InChI=1S/C27H43IO/c1-3-5-7-8-22-9-11-23(12-10-22)24-17-19-27(20-18-24,29-21-6-4-2)25-13-15-26(28)16-14-25/h13-16,22-24H,3-12,17-21H2,1-2H3. The third-order valence-electron chi connectivity index (χ3n) is 7.86. The van der Waals surface area contributed by atoms with E-state index in [4.69, 9.17) is 4.74 Å². The van der Waals surface area contributed by atoms with E-state index >= 15 is 0 Å². The first kappa shape index (κ1) is 23.6. The molecule has 2 aliphatic rings. The van der Waals surface area contributed by atoms with Crippen molar-refractivity contribution in [2.45, 2.75) is 109 Å². The fourth-order valence-electron chi connectivity index (χ4n) is 5.89. The highest BCUT2D eigenvalue weighted by Crippen LogP contribution is 2.48. The molecule has 2 aliphatic carbocycles. The molecule has 1 aromatic rings. The van der Waals surface area contributed by atoms with Crippen molar-refractivity contribution in [3.63, 3.8) is 0 Å². The van der Waals surface area contributed by atoms with Gasteiger partial charge in [-0.1, -0.05) is 70.9 Å². The first-order valence-corrected chi connectivity index (χ1v) is 13.6. The van der Waals surface area contributed by atoms with Crippen LogP contribution >= 0.6 is 22.6 Å². The lowest BCUT2D eigenvalue weighted by Crippen LogP contribution is -2.37. The molecule has 164 valence electrons. The van der Waals surface area contributed by atoms with Crippen molar-refractivity contribution < 1.29 is 4.74 Å². The maximum absolute atomic E-state index is 6.64. The summed E-state index contributed by atoms with van der Waals surface area (Å²) < 4.78 is 7.96. The van der Waals surface area contributed by atoms with Crippen LogP contribution < -0.4 is 0 Å². The summed E-state index contributed by atoms with van der Waals surface area (Å²) in [4.78, 5) is 0. The van der Waals surface area contributed by atoms with Gasteiger partial charge in [-0.05, 0) is 103 Å². The van der Waals surface area contributed by atoms with Crippen LogP contribution in [0.3, 0.4) is 0 Å². The van der Waals surface area contributed by atoms with Gasteiger partial charge in [-0.25, -0.2) is 0 Å². The molecule has 29 heavy (non-hydrogen) atoms. The first-order chi connectivity index (χ1) is 14.2. The third kappa shape index (κ3) is 6.69. The minimum atomic E-state index is -0.0205. The number of rotatable bonds is 10. The zero-order chi connectivity index (χ0) is 20.5. The van der Waals surface area contributed by atoms with Crippen LogP contribution in [-0.4, -0.2) is 6.61 Å². The van der Waals surface area contributed by atoms with Crippen LogP contribution in [0.5, 0.6) is 0 Å². The quantitative estimate of drug-likeness (QED) is 0.226. The number of ether oxygens (including phenoxy) is 1. The second-order valence-electron chi connectivity index (χ2n) is 9.82. The van der Waals surface area contributed by atoms with E-state index in [1.807, 2.05) is 0 Å². The van der Waals surface area contributed by atoms with Crippen LogP contribution in [0.4, 0.5) is 0 Å². The van der Waals surface area contributed by atoms with Crippen molar-refractivity contribution in [2.24, 2.45) is 17.8 Å². The van der Waals surface area contributed by atoms with Gasteiger partial charge in [0.2, 0.25) is 0 Å². The molecule has 0 heterocycles. The van der Waals surface area contributed by atoms with Crippen LogP contribution in [0.15, 0.2) is 24.3 Å². The molecule has 0 radical (unpaired) electrons. The minimum Gasteiger partial charge on any atom is -0.370 e. The number of hydrogen-bond donors (Lipinski definition) is 0. The maximum atomic E-state index is 6.64. The predicted molar refractivity (Wildman–Crippen MR) is 133 cm³/mol. The summed E-state index contributed by atoms with van der Waals surface area (Å²) in [6.07, 6.45) is 19.3. The van der Waals surface area contributed by atoms with Gasteiger partial charge < -0.3 is 4.74 Å². The summed E-state index contributed by atoms with van der Waals surface area (Å²) in [6.45, 7) is 5.49. The lowest BCUT2D eigenvalue weighted by molar-refractivity contribution is -0.0907. The van der Waals surface area contributed by atoms with E-state index in [0.717, 1.165) is 24.4 Å². The van der Waals surface area contributed by atoms with E-state index in [9.17, 15) is 0 Å². The topological polar surface area (TPSA) is 9.23 Å². The molecule has 0 unspecified atom stereocenters.